The molecule has 0 aliphatic rings. The first-order chi connectivity index (χ1) is 11.6. The molecule has 0 saturated carbocycles. The van der Waals surface area contributed by atoms with E-state index in [4.69, 9.17) is 23.2 Å². The minimum absolute atomic E-state index is 0. The zero-order valence-corrected chi connectivity index (χ0v) is 18.2. The minimum atomic E-state index is 0. The average Bonchev–Trinajstić information content (AvgIpc) is 3.04. The molecule has 0 amide bonds. The standard InChI is InChI=1S/C17H23Cl2N5.HI/c1-3-20-17(21-8-4-10-24-11-5-9-22-24)23-13(2)15-7-6-14(18)12-16(15)19;/h5-7,9,11-13H,3-4,8,10H2,1-2H3,(H2,20,21,23);1H. The van der Waals surface area contributed by atoms with E-state index in [0.29, 0.717) is 10.0 Å². The molecule has 1 unspecified atom stereocenters. The highest BCUT2D eigenvalue weighted by Gasteiger charge is 2.11. The third-order valence-corrected chi connectivity index (χ3v) is 4.06. The molecule has 0 radical (unpaired) electrons. The van der Waals surface area contributed by atoms with Gasteiger partial charge in [-0.25, -0.2) is 0 Å². The number of rotatable bonds is 7. The van der Waals surface area contributed by atoms with Crippen molar-refractivity contribution < 1.29 is 0 Å². The first-order valence-corrected chi connectivity index (χ1v) is 8.83. The smallest absolute Gasteiger partial charge is 0.191 e. The van der Waals surface area contributed by atoms with E-state index in [1.165, 1.54) is 0 Å². The second-order valence-electron chi connectivity index (χ2n) is 5.42. The van der Waals surface area contributed by atoms with Crippen molar-refractivity contribution in [2.24, 2.45) is 4.99 Å². The molecule has 2 N–H and O–H groups in total. The van der Waals surface area contributed by atoms with Crippen molar-refractivity contribution in [3.05, 3.63) is 52.3 Å². The van der Waals surface area contributed by atoms with Gasteiger partial charge in [-0.3, -0.25) is 9.67 Å². The quantitative estimate of drug-likeness (QED) is 0.257. The van der Waals surface area contributed by atoms with E-state index < -0.39 is 0 Å². The Labute approximate surface area is 176 Å². The molecule has 8 heteroatoms. The van der Waals surface area contributed by atoms with Crippen LogP contribution in [-0.4, -0.2) is 28.8 Å². The van der Waals surface area contributed by atoms with Gasteiger partial charge in [-0.2, -0.15) is 5.10 Å². The molecule has 25 heavy (non-hydrogen) atoms. The highest BCUT2D eigenvalue weighted by molar-refractivity contribution is 14.0. The number of nitrogens with zero attached hydrogens (tertiary/aromatic N) is 3. The Morgan fingerprint density at radius 1 is 1.36 bits per heavy atom. The van der Waals surface area contributed by atoms with Crippen LogP contribution in [0.5, 0.6) is 0 Å². The Morgan fingerprint density at radius 2 is 2.16 bits per heavy atom. The van der Waals surface area contributed by atoms with Gasteiger partial charge in [0.25, 0.3) is 0 Å². The van der Waals surface area contributed by atoms with Crippen molar-refractivity contribution in [1.82, 2.24) is 20.4 Å². The van der Waals surface area contributed by atoms with E-state index in [1.54, 1.807) is 12.3 Å². The lowest BCUT2D eigenvalue weighted by Gasteiger charge is -2.19. The zero-order valence-electron chi connectivity index (χ0n) is 14.4. The summed E-state index contributed by atoms with van der Waals surface area (Å²) >= 11 is 12.2. The van der Waals surface area contributed by atoms with Gasteiger partial charge in [0.1, 0.15) is 0 Å². The summed E-state index contributed by atoms with van der Waals surface area (Å²) in [6.07, 6.45) is 4.67. The fourth-order valence-electron chi connectivity index (χ4n) is 2.31. The SMILES string of the molecule is CCNC(=NCCCn1cccn1)NC(C)c1ccc(Cl)cc1Cl.I. The van der Waals surface area contributed by atoms with E-state index in [0.717, 1.165) is 37.6 Å². The van der Waals surface area contributed by atoms with Crippen LogP contribution < -0.4 is 10.6 Å². The van der Waals surface area contributed by atoms with Crippen LogP contribution in [-0.2, 0) is 6.54 Å². The Balaban J connectivity index is 0.00000312. The van der Waals surface area contributed by atoms with Gasteiger partial charge < -0.3 is 10.6 Å². The summed E-state index contributed by atoms with van der Waals surface area (Å²) < 4.78 is 1.91. The van der Waals surface area contributed by atoms with Crippen molar-refractivity contribution in [3.63, 3.8) is 0 Å². The molecule has 0 fully saturated rings. The number of hydrogen-bond donors (Lipinski definition) is 2. The van der Waals surface area contributed by atoms with E-state index in [9.17, 15) is 0 Å². The van der Waals surface area contributed by atoms with Crippen LogP contribution in [0, 0.1) is 0 Å². The molecular formula is C17H24Cl2IN5. The fourth-order valence-corrected chi connectivity index (χ4v) is 2.88. The third-order valence-electron chi connectivity index (χ3n) is 3.50. The maximum absolute atomic E-state index is 6.27. The summed E-state index contributed by atoms with van der Waals surface area (Å²) in [5, 5.41) is 12.1. The third kappa shape index (κ3) is 7.42. The number of hydrogen-bond acceptors (Lipinski definition) is 2. The van der Waals surface area contributed by atoms with Gasteiger partial charge in [0.2, 0.25) is 0 Å². The van der Waals surface area contributed by atoms with Crippen LogP contribution in [0.15, 0.2) is 41.7 Å². The molecule has 0 bridgehead atoms. The van der Waals surface area contributed by atoms with E-state index >= 15 is 0 Å². The summed E-state index contributed by atoms with van der Waals surface area (Å²) in [4.78, 5) is 4.61. The molecule has 1 aromatic heterocycles. The number of aliphatic imine (C=N–C) groups is 1. The molecule has 5 nitrogen and oxygen atoms in total. The van der Waals surface area contributed by atoms with Crippen molar-refractivity contribution in [2.75, 3.05) is 13.1 Å². The second kappa shape index (κ2) is 11.6. The Morgan fingerprint density at radius 3 is 2.80 bits per heavy atom. The Hall–Kier alpha value is -0.990. The molecule has 0 spiro atoms. The van der Waals surface area contributed by atoms with Crippen molar-refractivity contribution in [3.8, 4) is 0 Å². The number of aromatic nitrogens is 2. The molecule has 1 heterocycles. The molecule has 0 saturated heterocycles. The summed E-state index contributed by atoms with van der Waals surface area (Å²) in [5.41, 5.74) is 0.989. The molecule has 2 rings (SSSR count). The van der Waals surface area contributed by atoms with Crippen LogP contribution in [0.2, 0.25) is 10.0 Å². The lowest BCUT2D eigenvalue weighted by Crippen LogP contribution is -2.39. The Kier molecular flexibility index (Phi) is 10.2. The normalized spacial score (nSPS) is 12.4. The number of guanidine groups is 1. The topological polar surface area (TPSA) is 54.2 Å². The van der Waals surface area contributed by atoms with Crippen molar-refractivity contribution in [1.29, 1.82) is 0 Å². The van der Waals surface area contributed by atoms with Crippen molar-refractivity contribution >= 4 is 53.1 Å². The summed E-state index contributed by atoms with van der Waals surface area (Å²) in [6.45, 7) is 6.46. The van der Waals surface area contributed by atoms with Gasteiger partial charge in [0.15, 0.2) is 5.96 Å². The number of halogens is 3. The van der Waals surface area contributed by atoms with Crippen LogP contribution in [0.4, 0.5) is 0 Å². The predicted molar refractivity (Wildman–Crippen MR) is 116 cm³/mol. The van der Waals surface area contributed by atoms with Crippen molar-refractivity contribution in [2.45, 2.75) is 32.9 Å². The largest absolute Gasteiger partial charge is 0.357 e. The molecule has 1 atom stereocenters. The lowest BCUT2D eigenvalue weighted by molar-refractivity contribution is 0.582. The Bertz CT molecular complexity index is 661. The first-order valence-electron chi connectivity index (χ1n) is 8.07. The monoisotopic (exact) mass is 495 g/mol. The predicted octanol–water partition coefficient (Wildman–Crippen LogP) is 4.51. The van der Waals surface area contributed by atoms with Gasteiger partial charge in [-0.05, 0) is 44.0 Å². The van der Waals surface area contributed by atoms with Gasteiger partial charge in [0, 0.05) is 42.1 Å². The van der Waals surface area contributed by atoms with Crippen LogP contribution >= 0.6 is 47.2 Å². The summed E-state index contributed by atoms with van der Waals surface area (Å²) in [6, 6.07) is 7.48. The van der Waals surface area contributed by atoms with Crippen LogP contribution in [0.3, 0.4) is 0 Å². The zero-order chi connectivity index (χ0) is 17.4. The maximum Gasteiger partial charge on any atom is 0.191 e. The van der Waals surface area contributed by atoms with E-state index in [-0.39, 0.29) is 30.0 Å². The fraction of sp³-hybridized carbons (Fsp3) is 0.412. The molecule has 0 aliphatic heterocycles. The van der Waals surface area contributed by atoms with E-state index in [1.807, 2.05) is 42.9 Å². The average molecular weight is 496 g/mol. The lowest BCUT2D eigenvalue weighted by atomic mass is 10.1. The van der Waals surface area contributed by atoms with E-state index in [2.05, 4.69) is 20.7 Å². The van der Waals surface area contributed by atoms with Crippen LogP contribution in [0.25, 0.3) is 0 Å². The summed E-state index contributed by atoms with van der Waals surface area (Å²) in [7, 11) is 0. The highest BCUT2D eigenvalue weighted by atomic mass is 127. The van der Waals surface area contributed by atoms with Crippen LogP contribution in [0.1, 0.15) is 31.9 Å². The minimum Gasteiger partial charge on any atom is -0.357 e. The number of benzene rings is 1. The number of aryl methyl sites for hydroxylation is 1. The molecule has 138 valence electrons. The summed E-state index contributed by atoms with van der Waals surface area (Å²) in [5.74, 6) is 0.775. The first kappa shape index (κ1) is 22.1. The molecule has 1 aromatic carbocycles. The second-order valence-corrected chi connectivity index (χ2v) is 6.26. The highest BCUT2D eigenvalue weighted by Crippen LogP contribution is 2.25. The van der Waals surface area contributed by atoms with Gasteiger partial charge >= 0.3 is 0 Å². The van der Waals surface area contributed by atoms with Gasteiger partial charge in [-0.15, -0.1) is 24.0 Å². The van der Waals surface area contributed by atoms with Gasteiger partial charge in [-0.1, -0.05) is 29.3 Å². The number of nitrogens with one attached hydrogen (secondary N) is 2. The maximum atomic E-state index is 6.27. The molecule has 2 aromatic rings. The molecule has 0 aliphatic carbocycles. The molecular weight excluding hydrogens is 472 g/mol. The van der Waals surface area contributed by atoms with Gasteiger partial charge in [0.05, 0.1) is 6.04 Å².